The highest BCUT2D eigenvalue weighted by molar-refractivity contribution is 5.84. The van der Waals surface area contributed by atoms with Gasteiger partial charge < -0.3 is 4.90 Å². The van der Waals surface area contributed by atoms with Crippen molar-refractivity contribution in [2.75, 3.05) is 13.2 Å². The molecule has 1 saturated heterocycles. The van der Waals surface area contributed by atoms with Crippen molar-refractivity contribution in [1.82, 2.24) is 10.2 Å². The van der Waals surface area contributed by atoms with Crippen LogP contribution in [-0.4, -0.2) is 30.1 Å². The molecule has 1 aromatic rings. The van der Waals surface area contributed by atoms with Gasteiger partial charge >= 0.3 is 0 Å². The molecule has 0 spiro atoms. The Labute approximate surface area is 102 Å². The SMILES string of the molecule is O=C1C(Cc2ccccc2)NCN1CC1CC1. The topological polar surface area (TPSA) is 32.3 Å². The zero-order valence-corrected chi connectivity index (χ0v) is 9.93. The fraction of sp³-hybridized carbons (Fsp3) is 0.500. The molecule has 1 aliphatic carbocycles. The first-order valence-electron chi connectivity index (χ1n) is 6.39. The molecule has 90 valence electrons. The second-order valence-electron chi connectivity index (χ2n) is 5.11. The molecule has 3 rings (SSSR count). The van der Waals surface area contributed by atoms with Crippen LogP contribution in [0.3, 0.4) is 0 Å². The number of carbonyl (C=O) groups is 1. The summed E-state index contributed by atoms with van der Waals surface area (Å²) in [5.74, 6) is 1.05. The van der Waals surface area contributed by atoms with Crippen molar-refractivity contribution in [2.24, 2.45) is 5.92 Å². The van der Waals surface area contributed by atoms with Gasteiger partial charge in [-0.2, -0.15) is 0 Å². The van der Waals surface area contributed by atoms with Gasteiger partial charge in [-0.15, -0.1) is 0 Å². The summed E-state index contributed by atoms with van der Waals surface area (Å²) in [5, 5.41) is 3.31. The molecule has 0 radical (unpaired) electrons. The quantitative estimate of drug-likeness (QED) is 0.848. The van der Waals surface area contributed by atoms with E-state index in [0.29, 0.717) is 0 Å². The predicted molar refractivity (Wildman–Crippen MR) is 66.4 cm³/mol. The number of carbonyl (C=O) groups excluding carboxylic acids is 1. The summed E-state index contributed by atoms with van der Waals surface area (Å²) in [7, 11) is 0. The lowest BCUT2D eigenvalue weighted by Crippen LogP contribution is -2.33. The van der Waals surface area contributed by atoms with Gasteiger partial charge in [0.15, 0.2) is 0 Å². The first kappa shape index (κ1) is 10.8. The molecule has 2 fully saturated rings. The fourth-order valence-electron chi connectivity index (χ4n) is 2.38. The van der Waals surface area contributed by atoms with Crippen molar-refractivity contribution < 1.29 is 4.79 Å². The summed E-state index contributed by atoms with van der Waals surface area (Å²) >= 11 is 0. The number of hydrogen-bond acceptors (Lipinski definition) is 2. The van der Waals surface area contributed by atoms with E-state index in [1.165, 1.54) is 18.4 Å². The van der Waals surface area contributed by atoms with E-state index in [4.69, 9.17) is 0 Å². The predicted octanol–water partition coefficient (Wildman–Crippen LogP) is 1.40. The Morgan fingerprint density at radius 2 is 2.00 bits per heavy atom. The number of nitrogens with one attached hydrogen (secondary N) is 1. The third kappa shape index (κ3) is 2.50. The summed E-state index contributed by atoms with van der Waals surface area (Å²) < 4.78 is 0. The Morgan fingerprint density at radius 1 is 1.24 bits per heavy atom. The molecular formula is C14H18N2O. The van der Waals surface area contributed by atoms with Crippen molar-refractivity contribution in [1.29, 1.82) is 0 Å². The van der Waals surface area contributed by atoms with E-state index in [0.717, 1.165) is 25.6 Å². The van der Waals surface area contributed by atoms with Gasteiger partial charge in [-0.3, -0.25) is 10.1 Å². The van der Waals surface area contributed by atoms with Crippen LogP contribution < -0.4 is 5.32 Å². The Morgan fingerprint density at radius 3 is 2.71 bits per heavy atom. The summed E-state index contributed by atoms with van der Waals surface area (Å²) in [6.45, 7) is 1.68. The number of rotatable bonds is 4. The minimum absolute atomic E-state index is 0.0175. The average molecular weight is 230 g/mol. The summed E-state index contributed by atoms with van der Waals surface area (Å²) in [4.78, 5) is 14.1. The zero-order valence-electron chi connectivity index (χ0n) is 9.93. The zero-order chi connectivity index (χ0) is 11.7. The van der Waals surface area contributed by atoms with Gasteiger partial charge in [-0.1, -0.05) is 30.3 Å². The summed E-state index contributed by atoms with van der Waals surface area (Å²) in [6.07, 6.45) is 3.40. The minimum atomic E-state index is -0.0175. The van der Waals surface area contributed by atoms with E-state index in [-0.39, 0.29) is 11.9 Å². The molecule has 1 N–H and O–H groups in total. The molecule has 17 heavy (non-hydrogen) atoms. The molecule has 1 aromatic carbocycles. The molecule has 0 aromatic heterocycles. The first-order valence-corrected chi connectivity index (χ1v) is 6.39. The van der Waals surface area contributed by atoms with Gasteiger partial charge in [0.1, 0.15) is 0 Å². The maximum Gasteiger partial charge on any atom is 0.241 e. The lowest BCUT2D eigenvalue weighted by Gasteiger charge is -2.14. The van der Waals surface area contributed by atoms with E-state index >= 15 is 0 Å². The highest BCUT2D eigenvalue weighted by Crippen LogP contribution is 2.30. The normalized spacial score (nSPS) is 24.4. The second kappa shape index (κ2) is 4.49. The van der Waals surface area contributed by atoms with Crippen molar-refractivity contribution in [3.63, 3.8) is 0 Å². The van der Waals surface area contributed by atoms with Crippen LogP contribution in [0, 0.1) is 5.92 Å². The summed E-state index contributed by atoms with van der Waals surface area (Å²) in [5.41, 5.74) is 1.23. The van der Waals surface area contributed by atoms with Crippen molar-refractivity contribution in [3.05, 3.63) is 35.9 Å². The second-order valence-corrected chi connectivity index (χ2v) is 5.11. The highest BCUT2D eigenvalue weighted by Gasteiger charge is 2.34. The molecule has 1 heterocycles. The van der Waals surface area contributed by atoms with Crippen molar-refractivity contribution in [3.8, 4) is 0 Å². The molecular weight excluding hydrogens is 212 g/mol. The van der Waals surface area contributed by atoms with Gasteiger partial charge in [-0.25, -0.2) is 0 Å². The van der Waals surface area contributed by atoms with Crippen molar-refractivity contribution in [2.45, 2.75) is 25.3 Å². The summed E-state index contributed by atoms with van der Waals surface area (Å²) in [6, 6.07) is 10.2. The molecule has 1 unspecified atom stereocenters. The van der Waals surface area contributed by atoms with E-state index < -0.39 is 0 Å². The Balaban J connectivity index is 1.59. The lowest BCUT2D eigenvalue weighted by molar-refractivity contribution is -0.129. The molecule has 3 nitrogen and oxygen atoms in total. The molecule has 1 aliphatic heterocycles. The number of amides is 1. The minimum Gasteiger partial charge on any atom is -0.328 e. The third-order valence-electron chi connectivity index (χ3n) is 3.60. The van der Waals surface area contributed by atoms with Crippen LogP contribution in [0.25, 0.3) is 0 Å². The largest absolute Gasteiger partial charge is 0.328 e. The molecule has 2 aliphatic rings. The van der Waals surface area contributed by atoms with E-state index in [2.05, 4.69) is 17.4 Å². The smallest absolute Gasteiger partial charge is 0.241 e. The third-order valence-corrected chi connectivity index (χ3v) is 3.60. The van der Waals surface area contributed by atoms with E-state index in [1.807, 2.05) is 23.1 Å². The van der Waals surface area contributed by atoms with Crippen molar-refractivity contribution >= 4 is 5.91 Å². The van der Waals surface area contributed by atoms with Crippen LogP contribution in [0.1, 0.15) is 18.4 Å². The van der Waals surface area contributed by atoms with Gasteiger partial charge in [0.25, 0.3) is 0 Å². The van der Waals surface area contributed by atoms with Crippen LogP contribution in [0.5, 0.6) is 0 Å². The maximum absolute atomic E-state index is 12.1. The molecule has 1 amide bonds. The number of hydrogen-bond donors (Lipinski definition) is 1. The number of nitrogens with zero attached hydrogens (tertiary/aromatic N) is 1. The maximum atomic E-state index is 12.1. The fourth-order valence-corrected chi connectivity index (χ4v) is 2.38. The average Bonchev–Trinajstić information content (AvgIpc) is 3.11. The standard InChI is InChI=1S/C14H18N2O/c17-14-13(8-11-4-2-1-3-5-11)15-10-16(14)9-12-6-7-12/h1-5,12-13,15H,6-10H2. The molecule has 1 atom stereocenters. The van der Waals surface area contributed by atoms with Crippen LogP contribution in [0.4, 0.5) is 0 Å². The van der Waals surface area contributed by atoms with E-state index in [9.17, 15) is 4.79 Å². The number of benzene rings is 1. The lowest BCUT2D eigenvalue weighted by atomic mass is 10.1. The van der Waals surface area contributed by atoms with Crippen LogP contribution in [0.2, 0.25) is 0 Å². The van der Waals surface area contributed by atoms with Crippen LogP contribution in [0.15, 0.2) is 30.3 Å². The van der Waals surface area contributed by atoms with Gasteiger partial charge in [0.05, 0.1) is 12.7 Å². The molecule has 3 heteroatoms. The van der Waals surface area contributed by atoms with Crippen LogP contribution in [-0.2, 0) is 11.2 Å². The molecule has 0 bridgehead atoms. The van der Waals surface area contributed by atoms with E-state index in [1.54, 1.807) is 0 Å². The highest BCUT2D eigenvalue weighted by atomic mass is 16.2. The molecule has 1 saturated carbocycles. The van der Waals surface area contributed by atoms with Gasteiger partial charge in [-0.05, 0) is 30.7 Å². The first-order chi connectivity index (χ1) is 8.33. The van der Waals surface area contributed by atoms with Gasteiger partial charge in [0, 0.05) is 6.54 Å². The monoisotopic (exact) mass is 230 g/mol. The Bertz CT molecular complexity index is 400. The van der Waals surface area contributed by atoms with Crippen LogP contribution >= 0.6 is 0 Å². The Kier molecular flexibility index (Phi) is 2.85. The van der Waals surface area contributed by atoms with Gasteiger partial charge in [0.2, 0.25) is 5.91 Å². The Hall–Kier alpha value is -1.35.